The van der Waals surface area contributed by atoms with Crippen molar-refractivity contribution in [2.45, 2.75) is 13.5 Å². The van der Waals surface area contributed by atoms with Crippen LogP contribution >= 0.6 is 12.2 Å². The summed E-state index contributed by atoms with van der Waals surface area (Å²) >= 11 is 5.26. The lowest BCUT2D eigenvalue weighted by molar-refractivity contribution is 0.0948. The van der Waals surface area contributed by atoms with Crippen molar-refractivity contribution in [2.24, 2.45) is 0 Å². The van der Waals surface area contributed by atoms with Gasteiger partial charge in [0, 0.05) is 30.0 Å². The van der Waals surface area contributed by atoms with E-state index in [0.717, 1.165) is 5.56 Å². The van der Waals surface area contributed by atoms with E-state index in [1.807, 2.05) is 37.3 Å². The molecule has 0 atom stereocenters. The standard InChI is InChI=1S/C26H27N3O4S/c1-2-32-15-16-33-23-13-11-20(12-14-23)25(31)29-26(34)28-22-10-6-9-21(17-22)24(30)27-18-19-7-4-3-5-8-19/h3-14,17H,2,15-16,18H2,1H3,(H,27,30)(H2,28,29,31,34). The maximum Gasteiger partial charge on any atom is 0.257 e. The maximum atomic E-state index is 12.5. The van der Waals surface area contributed by atoms with Crippen LogP contribution in [0.3, 0.4) is 0 Å². The molecular formula is C26H27N3O4S. The summed E-state index contributed by atoms with van der Waals surface area (Å²) in [6, 6.07) is 23.3. The van der Waals surface area contributed by atoms with Crippen LogP contribution in [0.25, 0.3) is 0 Å². The van der Waals surface area contributed by atoms with Crippen LogP contribution in [0.2, 0.25) is 0 Å². The molecule has 176 valence electrons. The van der Waals surface area contributed by atoms with E-state index in [4.69, 9.17) is 21.7 Å². The Kier molecular flexibility index (Phi) is 9.57. The number of amides is 2. The van der Waals surface area contributed by atoms with E-state index in [1.54, 1.807) is 48.5 Å². The molecule has 0 fully saturated rings. The van der Waals surface area contributed by atoms with Crippen LogP contribution in [-0.4, -0.2) is 36.7 Å². The minimum absolute atomic E-state index is 0.129. The van der Waals surface area contributed by atoms with Crippen molar-refractivity contribution < 1.29 is 19.1 Å². The summed E-state index contributed by atoms with van der Waals surface area (Å²) in [5.74, 6) is 0.0976. The fraction of sp³-hybridized carbons (Fsp3) is 0.192. The Balaban J connectivity index is 1.49. The van der Waals surface area contributed by atoms with Gasteiger partial charge < -0.3 is 20.1 Å². The summed E-state index contributed by atoms with van der Waals surface area (Å²) in [6.45, 7) is 3.95. The van der Waals surface area contributed by atoms with E-state index in [0.29, 0.717) is 48.9 Å². The quantitative estimate of drug-likeness (QED) is 0.300. The summed E-state index contributed by atoms with van der Waals surface area (Å²) in [4.78, 5) is 25.0. The number of rotatable bonds is 10. The smallest absolute Gasteiger partial charge is 0.257 e. The third-order valence-corrected chi connectivity index (χ3v) is 4.93. The van der Waals surface area contributed by atoms with Crippen LogP contribution in [0.4, 0.5) is 5.69 Å². The molecule has 0 aliphatic rings. The van der Waals surface area contributed by atoms with Crippen LogP contribution in [-0.2, 0) is 11.3 Å². The third kappa shape index (κ3) is 7.99. The molecule has 0 heterocycles. The van der Waals surface area contributed by atoms with Crippen molar-refractivity contribution in [3.63, 3.8) is 0 Å². The second-order valence-electron chi connectivity index (χ2n) is 7.23. The Labute approximate surface area is 204 Å². The molecule has 0 aromatic heterocycles. The summed E-state index contributed by atoms with van der Waals surface area (Å²) < 4.78 is 10.8. The SMILES string of the molecule is CCOCCOc1ccc(C(=O)NC(=S)Nc2cccc(C(=O)NCc3ccccc3)c2)cc1. The van der Waals surface area contributed by atoms with Gasteiger partial charge in [-0.3, -0.25) is 14.9 Å². The molecule has 0 aliphatic carbocycles. The van der Waals surface area contributed by atoms with Crippen molar-refractivity contribution >= 4 is 34.8 Å². The molecule has 0 bridgehead atoms. The molecule has 7 nitrogen and oxygen atoms in total. The van der Waals surface area contributed by atoms with Gasteiger partial charge >= 0.3 is 0 Å². The lowest BCUT2D eigenvalue weighted by Gasteiger charge is -2.12. The highest BCUT2D eigenvalue weighted by Gasteiger charge is 2.10. The van der Waals surface area contributed by atoms with Crippen molar-refractivity contribution in [1.82, 2.24) is 10.6 Å². The Bertz CT molecular complexity index is 1100. The van der Waals surface area contributed by atoms with Crippen LogP contribution in [0.15, 0.2) is 78.9 Å². The zero-order valence-corrected chi connectivity index (χ0v) is 19.7. The average Bonchev–Trinajstić information content (AvgIpc) is 2.86. The fourth-order valence-electron chi connectivity index (χ4n) is 3.02. The predicted octanol–water partition coefficient (Wildman–Crippen LogP) is 4.16. The molecule has 34 heavy (non-hydrogen) atoms. The van der Waals surface area contributed by atoms with E-state index in [-0.39, 0.29) is 16.9 Å². The number of nitrogens with one attached hydrogen (secondary N) is 3. The zero-order valence-electron chi connectivity index (χ0n) is 18.9. The van der Waals surface area contributed by atoms with E-state index >= 15 is 0 Å². The zero-order chi connectivity index (χ0) is 24.2. The van der Waals surface area contributed by atoms with Gasteiger partial charge in [0.2, 0.25) is 0 Å². The molecule has 0 radical (unpaired) electrons. The first-order chi connectivity index (χ1) is 16.5. The van der Waals surface area contributed by atoms with Gasteiger partial charge in [-0.2, -0.15) is 0 Å². The van der Waals surface area contributed by atoms with Gasteiger partial charge in [0.1, 0.15) is 12.4 Å². The first-order valence-electron chi connectivity index (χ1n) is 10.9. The number of carbonyl (C=O) groups is 2. The molecule has 3 rings (SSSR count). The Morgan fingerprint density at radius 1 is 0.853 bits per heavy atom. The van der Waals surface area contributed by atoms with Gasteiger partial charge in [-0.1, -0.05) is 36.4 Å². The van der Waals surface area contributed by atoms with Crippen LogP contribution in [0, 0.1) is 0 Å². The Morgan fingerprint density at radius 2 is 1.62 bits per heavy atom. The molecule has 0 saturated heterocycles. The van der Waals surface area contributed by atoms with Crippen LogP contribution < -0.4 is 20.7 Å². The summed E-state index contributed by atoms with van der Waals surface area (Å²) in [5.41, 5.74) is 2.53. The van der Waals surface area contributed by atoms with Crippen LogP contribution in [0.5, 0.6) is 5.75 Å². The molecule has 3 aromatic carbocycles. The van der Waals surface area contributed by atoms with Crippen molar-refractivity contribution in [3.05, 3.63) is 95.6 Å². The molecule has 0 unspecified atom stereocenters. The van der Waals surface area contributed by atoms with Crippen LogP contribution in [0.1, 0.15) is 33.2 Å². The van der Waals surface area contributed by atoms with Gasteiger partial charge in [-0.05, 0) is 67.2 Å². The van der Waals surface area contributed by atoms with E-state index < -0.39 is 0 Å². The largest absolute Gasteiger partial charge is 0.491 e. The van der Waals surface area contributed by atoms with Gasteiger partial charge in [-0.25, -0.2) is 0 Å². The lowest BCUT2D eigenvalue weighted by Crippen LogP contribution is -2.34. The van der Waals surface area contributed by atoms with Crippen molar-refractivity contribution in [1.29, 1.82) is 0 Å². The van der Waals surface area contributed by atoms with Gasteiger partial charge in [0.15, 0.2) is 5.11 Å². The summed E-state index contributed by atoms with van der Waals surface area (Å²) in [5, 5.41) is 8.60. The van der Waals surface area contributed by atoms with E-state index in [9.17, 15) is 9.59 Å². The molecule has 0 spiro atoms. The second-order valence-corrected chi connectivity index (χ2v) is 7.64. The number of carbonyl (C=O) groups excluding carboxylic acids is 2. The van der Waals surface area contributed by atoms with Gasteiger partial charge in [0.25, 0.3) is 11.8 Å². The number of benzene rings is 3. The number of ether oxygens (including phenoxy) is 2. The van der Waals surface area contributed by atoms with Gasteiger partial charge in [-0.15, -0.1) is 0 Å². The molecule has 3 aromatic rings. The number of thiocarbonyl (C=S) groups is 1. The predicted molar refractivity (Wildman–Crippen MR) is 136 cm³/mol. The van der Waals surface area contributed by atoms with Crippen molar-refractivity contribution in [3.8, 4) is 5.75 Å². The lowest BCUT2D eigenvalue weighted by atomic mass is 10.1. The molecule has 2 amide bonds. The first-order valence-corrected chi connectivity index (χ1v) is 11.3. The average molecular weight is 478 g/mol. The summed E-state index contributed by atoms with van der Waals surface area (Å²) in [7, 11) is 0. The highest BCUT2D eigenvalue weighted by molar-refractivity contribution is 7.80. The molecule has 3 N–H and O–H groups in total. The number of hydrogen-bond donors (Lipinski definition) is 3. The fourth-order valence-corrected chi connectivity index (χ4v) is 3.23. The normalized spacial score (nSPS) is 10.3. The monoisotopic (exact) mass is 477 g/mol. The minimum Gasteiger partial charge on any atom is -0.491 e. The summed E-state index contributed by atoms with van der Waals surface area (Å²) in [6.07, 6.45) is 0. The third-order valence-electron chi connectivity index (χ3n) is 4.72. The van der Waals surface area contributed by atoms with Crippen molar-refractivity contribution in [2.75, 3.05) is 25.1 Å². The van der Waals surface area contributed by atoms with E-state index in [2.05, 4.69) is 16.0 Å². The maximum absolute atomic E-state index is 12.5. The molecule has 0 aliphatic heterocycles. The minimum atomic E-state index is -0.352. The first kappa shape index (κ1) is 24.9. The number of hydrogen-bond acceptors (Lipinski definition) is 5. The van der Waals surface area contributed by atoms with E-state index in [1.165, 1.54) is 0 Å². The van der Waals surface area contributed by atoms with Gasteiger partial charge in [0.05, 0.1) is 6.61 Å². The molecule has 8 heteroatoms. The highest BCUT2D eigenvalue weighted by atomic mass is 32.1. The topological polar surface area (TPSA) is 88.7 Å². The number of anilines is 1. The Hall–Kier alpha value is -3.75. The molecule has 0 saturated carbocycles. The highest BCUT2D eigenvalue weighted by Crippen LogP contribution is 2.13. The second kappa shape index (κ2) is 13.1. The molecular weight excluding hydrogens is 450 g/mol. The Morgan fingerprint density at radius 3 is 2.35 bits per heavy atom.